The van der Waals surface area contributed by atoms with Crippen LogP contribution in [0.1, 0.15) is 35.2 Å². The van der Waals surface area contributed by atoms with Gasteiger partial charge in [0.15, 0.2) is 0 Å². The Labute approximate surface area is 82.1 Å². The maximum absolute atomic E-state index is 12.9. The molecule has 74 valence electrons. The molecule has 0 saturated carbocycles. The van der Waals surface area contributed by atoms with Gasteiger partial charge in [0, 0.05) is 18.0 Å². The largest absolute Gasteiger partial charge is 0.351 e. The molecule has 3 heteroatoms. The minimum atomic E-state index is -0.351. The van der Waals surface area contributed by atoms with Crippen molar-refractivity contribution in [1.29, 1.82) is 0 Å². The van der Waals surface area contributed by atoms with Gasteiger partial charge in [0.25, 0.3) is 5.91 Å². The van der Waals surface area contributed by atoms with E-state index in [-0.39, 0.29) is 11.7 Å². The van der Waals surface area contributed by atoms with E-state index in [1.807, 2.05) is 0 Å². The molecule has 0 fully saturated rings. The van der Waals surface area contributed by atoms with E-state index >= 15 is 0 Å². The number of rotatable bonds is 1. The average Bonchev–Trinajstić information content (AvgIpc) is 2.19. The van der Waals surface area contributed by atoms with Gasteiger partial charge in [0.1, 0.15) is 5.82 Å². The molecule has 2 nitrogen and oxygen atoms in total. The molecule has 1 N–H and O–H groups in total. The number of fused-ring (bicyclic) bond motifs is 1. The first-order chi connectivity index (χ1) is 6.72. The number of benzene rings is 1. The molecule has 1 aliphatic rings. The zero-order chi connectivity index (χ0) is 10.1. The topological polar surface area (TPSA) is 29.1 Å². The highest BCUT2D eigenvalue weighted by Crippen LogP contribution is 2.26. The van der Waals surface area contributed by atoms with Crippen LogP contribution in [-0.4, -0.2) is 12.5 Å². The molecule has 1 aromatic rings. The minimum Gasteiger partial charge on any atom is -0.351 e. The number of carbonyl (C=O) groups excluding carboxylic acids is 1. The van der Waals surface area contributed by atoms with Gasteiger partial charge >= 0.3 is 0 Å². The fourth-order valence-electron chi connectivity index (χ4n) is 1.87. The van der Waals surface area contributed by atoms with Crippen LogP contribution in [0.4, 0.5) is 4.39 Å². The first kappa shape index (κ1) is 9.19. The smallest absolute Gasteiger partial charge is 0.251 e. The maximum Gasteiger partial charge on any atom is 0.251 e. The first-order valence-corrected chi connectivity index (χ1v) is 4.80. The van der Waals surface area contributed by atoms with Crippen LogP contribution in [0, 0.1) is 5.82 Å². The van der Waals surface area contributed by atoms with E-state index in [1.54, 1.807) is 6.07 Å². The minimum absolute atomic E-state index is 0.163. The molecule has 0 aliphatic carbocycles. The van der Waals surface area contributed by atoms with Crippen molar-refractivity contribution < 1.29 is 9.18 Å². The van der Waals surface area contributed by atoms with Crippen molar-refractivity contribution in [3.05, 3.63) is 35.1 Å². The Bertz CT molecular complexity index is 376. The normalized spacial score (nSPS) is 20.1. The predicted octanol–water partition coefficient (Wildman–Crippen LogP) is 2.06. The molecule has 1 aromatic carbocycles. The van der Waals surface area contributed by atoms with Crippen molar-refractivity contribution in [3.63, 3.8) is 0 Å². The van der Waals surface area contributed by atoms with Crippen LogP contribution < -0.4 is 5.32 Å². The van der Waals surface area contributed by atoms with Crippen molar-refractivity contribution in [2.45, 2.75) is 19.3 Å². The zero-order valence-corrected chi connectivity index (χ0v) is 8.01. The van der Waals surface area contributed by atoms with Crippen molar-refractivity contribution in [1.82, 2.24) is 5.32 Å². The highest BCUT2D eigenvalue weighted by molar-refractivity contribution is 5.97. The highest BCUT2D eigenvalue weighted by Gasteiger charge is 2.23. The fraction of sp³-hybridized carbons (Fsp3) is 0.364. The first-order valence-electron chi connectivity index (χ1n) is 4.80. The third-order valence-electron chi connectivity index (χ3n) is 2.70. The molecule has 1 unspecified atom stereocenters. The van der Waals surface area contributed by atoms with Crippen LogP contribution in [0.5, 0.6) is 0 Å². The molecule has 0 bridgehead atoms. The fourth-order valence-corrected chi connectivity index (χ4v) is 1.87. The summed E-state index contributed by atoms with van der Waals surface area (Å²) in [7, 11) is 0. The van der Waals surface area contributed by atoms with E-state index in [0.29, 0.717) is 18.0 Å². The second-order valence-electron chi connectivity index (χ2n) is 3.55. The standard InChI is InChI=1S/C11H12FNO/c1-2-7-6-13-11(14)10-5-8(12)3-4-9(7)10/h3-5,7H,2,6H2,1H3,(H,13,14). The van der Waals surface area contributed by atoms with E-state index in [4.69, 9.17) is 0 Å². The van der Waals surface area contributed by atoms with Crippen molar-refractivity contribution in [3.8, 4) is 0 Å². The molecular weight excluding hydrogens is 181 g/mol. The summed E-state index contributed by atoms with van der Waals surface area (Å²) >= 11 is 0. The number of nitrogens with one attached hydrogen (secondary N) is 1. The van der Waals surface area contributed by atoms with Gasteiger partial charge in [-0.2, -0.15) is 0 Å². The molecule has 2 rings (SSSR count). The Morgan fingerprint density at radius 3 is 3.07 bits per heavy atom. The summed E-state index contributed by atoms with van der Waals surface area (Å²) in [6.07, 6.45) is 0.957. The molecular formula is C11H12FNO. The Kier molecular flexibility index (Phi) is 2.23. The van der Waals surface area contributed by atoms with Crippen molar-refractivity contribution in [2.24, 2.45) is 0 Å². The van der Waals surface area contributed by atoms with Crippen LogP contribution in [0.15, 0.2) is 18.2 Å². The molecule has 1 amide bonds. The van der Waals surface area contributed by atoms with Gasteiger partial charge in [0.05, 0.1) is 0 Å². The second-order valence-corrected chi connectivity index (χ2v) is 3.55. The summed E-state index contributed by atoms with van der Waals surface area (Å²) in [4.78, 5) is 11.4. The summed E-state index contributed by atoms with van der Waals surface area (Å²) in [5.74, 6) is -0.192. The van der Waals surface area contributed by atoms with Crippen LogP contribution in [0.25, 0.3) is 0 Å². The van der Waals surface area contributed by atoms with E-state index < -0.39 is 0 Å². The third kappa shape index (κ3) is 1.39. The lowest BCUT2D eigenvalue weighted by Gasteiger charge is -2.24. The number of halogens is 1. The van der Waals surface area contributed by atoms with Crippen LogP contribution >= 0.6 is 0 Å². The molecule has 0 aromatic heterocycles. The molecule has 0 saturated heterocycles. The van der Waals surface area contributed by atoms with Gasteiger partial charge in [-0.05, 0) is 24.1 Å². The quantitative estimate of drug-likeness (QED) is 0.726. The Balaban J connectivity index is 2.51. The van der Waals surface area contributed by atoms with Gasteiger partial charge in [-0.15, -0.1) is 0 Å². The Morgan fingerprint density at radius 1 is 1.57 bits per heavy atom. The summed E-state index contributed by atoms with van der Waals surface area (Å²) in [5.41, 5.74) is 1.46. The predicted molar refractivity (Wildman–Crippen MR) is 51.8 cm³/mol. The summed E-state index contributed by atoms with van der Waals surface area (Å²) < 4.78 is 12.9. The number of hydrogen-bond donors (Lipinski definition) is 1. The lowest BCUT2D eigenvalue weighted by Crippen LogP contribution is -2.34. The molecule has 0 spiro atoms. The molecule has 1 atom stereocenters. The van der Waals surface area contributed by atoms with Gasteiger partial charge < -0.3 is 5.32 Å². The van der Waals surface area contributed by atoms with Gasteiger partial charge in [-0.3, -0.25) is 4.79 Å². The van der Waals surface area contributed by atoms with E-state index in [2.05, 4.69) is 12.2 Å². The lowest BCUT2D eigenvalue weighted by molar-refractivity contribution is 0.0939. The Hall–Kier alpha value is -1.38. The van der Waals surface area contributed by atoms with E-state index in [1.165, 1.54) is 12.1 Å². The highest BCUT2D eigenvalue weighted by atomic mass is 19.1. The molecule has 0 radical (unpaired) electrons. The maximum atomic E-state index is 12.9. The van der Waals surface area contributed by atoms with Gasteiger partial charge in [-0.1, -0.05) is 13.0 Å². The summed E-state index contributed by atoms with van der Waals surface area (Å²) in [6, 6.07) is 4.45. The van der Waals surface area contributed by atoms with Crippen molar-refractivity contribution >= 4 is 5.91 Å². The van der Waals surface area contributed by atoms with E-state index in [0.717, 1.165) is 12.0 Å². The molecule has 1 aliphatic heterocycles. The summed E-state index contributed by atoms with van der Waals surface area (Å²) in [6.45, 7) is 2.73. The SMILES string of the molecule is CCC1CNC(=O)c2cc(F)ccc21. The summed E-state index contributed by atoms with van der Waals surface area (Å²) in [5, 5.41) is 2.76. The monoisotopic (exact) mass is 193 g/mol. The lowest BCUT2D eigenvalue weighted by atomic mass is 9.89. The zero-order valence-electron chi connectivity index (χ0n) is 8.01. The van der Waals surface area contributed by atoms with Crippen LogP contribution in [0.2, 0.25) is 0 Å². The van der Waals surface area contributed by atoms with Crippen LogP contribution in [-0.2, 0) is 0 Å². The van der Waals surface area contributed by atoms with Crippen molar-refractivity contribution in [2.75, 3.05) is 6.54 Å². The third-order valence-corrected chi connectivity index (χ3v) is 2.70. The number of carbonyl (C=O) groups is 1. The second kappa shape index (κ2) is 3.40. The Morgan fingerprint density at radius 2 is 2.36 bits per heavy atom. The van der Waals surface area contributed by atoms with Gasteiger partial charge in [-0.25, -0.2) is 4.39 Å². The van der Waals surface area contributed by atoms with E-state index in [9.17, 15) is 9.18 Å². The number of hydrogen-bond acceptors (Lipinski definition) is 1. The number of amides is 1. The van der Waals surface area contributed by atoms with Gasteiger partial charge in [0.2, 0.25) is 0 Å². The molecule has 14 heavy (non-hydrogen) atoms. The molecule has 1 heterocycles. The average molecular weight is 193 g/mol. The van der Waals surface area contributed by atoms with Crippen LogP contribution in [0.3, 0.4) is 0 Å².